The van der Waals surface area contributed by atoms with Gasteiger partial charge in [0.1, 0.15) is 0 Å². The van der Waals surface area contributed by atoms with Crippen LogP contribution in [0.4, 0.5) is 19.6 Å². The molecule has 0 bridgehead atoms. The number of anilines is 2. The van der Waals surface area contributed by atoms with E-state index in [1.165, 1.54) is 23.5 Å². The molecule has 0 aliphatic carbocycles. The van der Waals surface area contributed by atoms with Crippen molar-refractivity contribution in [3.8, 4) is 0 Å². The van der Waals surface area contributed by atoms with Gasteiger partial charge in [-0.05, 0) is 30.3 Å². The smallest absolute Gasteiger partial charge is 0.188 e. The summed E-state index contributed by atoms with van der Waals surface area (Å²) in [6.07, 6.45) is 0. The van der Waals surface area contributed by atoms with Crippen LogP contribution in [0.1, 0.15) is 0 Å². The van der Waals surface area contributed by atoms with Crippen LogP contribution in [-0.2, 0) is 0 Å². The number of nitrogens with zero attached hydrogens (tertiary/aromatic N) is 1. The van der Waals surface area contributed by atoms with E-state index >= 15 is 0 Å². The summed E-state index contributed by atoms with van der Waals surface area (Å²) < 4.78 is 28.6. The van der Waals surface area contributed by atoms with E-state index in [2.05, 4.69) is 26.2 Å². The Morgan fingerprint density at radius 2 is 2.00 bits per heavy atom. The van der Waals surface area contributed by atoms with E-state index in [1.807, 2.05) is 18.2 Å². The average molecular weight is 341 g/mol. The second-order valence-corrected chi connectivity index (χ2v) is 5.80. The third-order valence-corrected chi connectivity index (χ3v) is 3.97. The zero-order chi connectivity index (χ0) is 13.4. The van der Waals surface area contributed by atoms with Crippen LogP contribution in [0.5, 0.6) is 0 Å². The number of halogens is 3. The Kier molecular flexibility index (Phi) is 3.20. The van der Waals surface area contributed by atoms with Gasteiger partial charge >= 0.3 is 0 Å². The molecule has 96 valence electrons. The van der Waals surface area contributed by atoms with Crippen molar-refractivity contribution in [1.82, 2.24) is 4.98 Å². The molecule has 0 saturated carbocycles. The molecule has 2 aromatic carbocycles. The lowest BCUT2D eigenvalue weighted by atomic mass is 10.3. The van der Waals surface area contributed by atoms with Gasteiger partial charge in [-0.25, -0.2) is 13.8 Å². The number of hydrogen-bond acceptors (Lipinski definition) is 3. The van der Waals surface area contributed by atoms with E-state index in [4.69, 9.17) is 0 Å². The number of nitrogens with one attached hydrogen (secondary N) is 1. The fourth-order valence-corrected chi connectivity index (χ4v) is 3.10. The Balaban J connectivity index is 1.99. The average Bonchev–Trinajstić information content (AvgIpc) is 2.76. The molecule has 0 aliphatic rings. The summed E-state index contributed by atoms with van der Waals surface area (Å²) in [6, 6.07) is 9.68. The second kappa shape index (κ2) is 4.86. The van der Waals surface area contributed by atoms with E-state index in [0.717, 1.165) is 20.8 Å². The van der Waals surface area contributed by atoms with Gasteiger partial charge in [-0.2, -0.15) is 0 Å². The van der Waals surface area contributed by atoms with Crippen LogP contribution < -0.4 is 5.32 Å². The molecule has 1 N–H and O–H groups in total. The van der Waals surface area contributed by atoms with Crippen LogP contribution in [0.2, 0.25) is 0 Å². The van der Waals surface area contributed by atoms with Gasteiger partial charge in [-0.3, -0.25) is 0 Å². The molecule has 3 aromatic rings. The molecule has 0 unspecified atom stereocenters. The van der Waals surface area contributed by atoms with Gasteiger partial charge < -0.3 is 5.32 Å². The molecule has 1 aromatic heterocycles. The standard InChI is InChI=1S/C13H7BrF2N2S/c14-7-4-5-9-11(6-7)19-13(17-9)18-10-3-1-2-8(15)12(10)16/h1-6H,(H,17,18). The first kappa shape index (κ1) is 12.5. The summed E-state index contributed by atoms with van der Waals surface area (Å²) >= 11 is 4.76. The predicted octanol–water partition coefficient (Wildman–Crippen LogP) is 5.08. The van der Waals surface area contributed by atoms with Gasteiger partial charge in [0.25, 0.3) is 0 Å². The van der Waals surface area contributed by atoms with Crippen molar-refractivity contribution in [3.05, 3.63) is 52.5 Å². The lowest BCUT2D eigenvalue weighted by Crippen LogP contribution is -1.95. The maximum absolute atomic E-state index is 13.5. The predicted molar refractivity (Wildman–Crippen MR) is 77.0 cm³/mol. The summed E-state index contributed by atoms with van der Waals surface area (Å²) in [6.45, 7) is 0. The largest absolute Gasteiger partial charge is 0.329 e. The third kappa shape index (κ3) is 2.46. The molecule has 0 atom stereocenters. The highest BCUT2D eigenvalue weighted by Gasteiger charge is 2.10. The van der Waals surface area contributed by atoms with Crippen molar-refractivity contribution in [1.29, 1.82) is 0 Å². The number of hydrogen-bond donors (Lipinski definition) is 1. The van der Waals surface area contributed by atoms with Crippen molar-refractivity contribution in [2.45, 2.75) is 0 Å². The van der Waals surface area contributed by atoms with Gasteiger partial charge in [-0.1, -0.05) is 33.3 Å². The fourth-order valence-electron chi connectivity index (χ4n) is 1.67. The fraction of sp³-hybridized carbons (Fsp3) is 0. The molecule has 0 radical (unpaired) electrons. The molecule has 0 saturated heterocycles. The van der Waals surface area contributed by atoms with E-state index < -0.39 is 11.6 Å². The lowest BCUT2D eigenvalue weighted by Gasteiger charge is -2.03. The molecular formula is C13H7BrF2N2S. The van der Waals surface area contributed by atoms with Crippen molar-refractivity contribution in [2.75, 3.05) is 5.32 Å². The normalized spacial score (nSPS) is 10.9. The maximum atomic E-state index is 13.5. The highest BCUT2D eigenvalue weighted by atomic mass is 79.9. The van der Waals surface area contributed by atoms with Crippen LogP contribution in [0, 0.1) is 11.6 Å². The summed E-state index contributed by atoms with van der Waals surface area (Å²) in [5.74, 6) is -1.78. The minimum Gasteiger partial charge on any atom is -0.329 e. The molecule has 0 spiro atoms. The molecule has 6 heteroatoms. The molecule has 0 amide bonds. The van der Waals surface area contributed by atoms with Gasteiger partial charge in [-0.15, -0.1) is 0 Å². The first-order valence-corrected chi connectivity index (χ1v) is 7.01. The summed E-state index contributed by atoms with van der Waals surface area (Å²) in [4.78, 5) is 4.32. The van der Waals surface area contributed by atoms with Gasteiger partial charge in [0.2, 0.25) is 0 Å². The molecule has 0 aliphatic heterocycles. The highest BCUT2D eigenvalue weighted by molar-refractivity contribution is 9.10. The quantitative estimate of drug-likeness (QED) is 0.703. The minimum atomic E-state index is -0.900. The summed E-state index contributed by atoms with van der Waals surface area (Å²) in [5, 5.41) is 3.32. The molecule has 19 heavy (non-hydrogen) atoms. The highest BCUT2D eigenvalue weighted by Crippen LogP contribution is 2.31. The Bertz CT molecular complexity index is 757. The second-order valence-electron chi connectivity index (χ2n) is 3.86. The zero-order valence-electron chi connectivity index (χ0n) is 9.45. The maximum Gasteiger partial charge on any atom is 0.188 e. The first-order chi connectivity index (χ1) is 9.13. The van der Waals surface area contributed by atoms with Crippen molar-refractivity contribution >= 4 is 48.3 Å². The number of fused-ring (bicyclic) bond motifs is 1. The van der Waals surface area contributed by atoms with Gasteiger partial charge in [0.05, 0.1) is 15.9 Å². The van der Waals surface area contributed by atoms with Gasteiger partial charge in [0, 0.05) is 4.47 Å². The van der Waals surface area contributed by atoms with E-state index in [0.29, 0.717) is 5.13 Å². The number of rotatable bonds is 2. The molecule has 3 rings (SSSR count). The SMILES string of the molecule is Fc1cccc(Nc2nc3ccc(Br)cc3s2)c1F. The monoisotopic (exact) mass is 340 g/mol. The van der Waals surface area contributed by atoms with Crippen molar-refractivity contribution in [2.24, 2.45) is 0 Å². The summed E-state index contributed by atoms with van der Waals surface area (Å²) in [7, 11) is 0. The summed E-state index contributed by atoms with van der Waals surface area (Å²) in [5.41, 5.74) is 0.894. The zero-order valence-corrected chi connectivity index (χ0v) is 11.9. The Morgan fingerprint density at radius 1 is 1.16 bits per heavy atom. The van der Waals surface area contributed by atoms with E-state index in [9.17, 15) is 8.78 Å². The Labute approximate surface area is 120 Å². The molecule has 1 heterocycles. The third-order valence-electron chi connectivity index (χ3n) is 2.54. The number of benzene rings is 2. The molecule has 2 nitrogen and oxygen atoms in total. The number of aromatic nitrogens is 1. The van der Waals surface area contributed by atoms with Crippen molar-refractivity contribution in [3.63, 3.8) is 0 Å². The van der Waals surface area contributed by atoms with Crippen LogP contribution in [-0.4, -0.2) is 4.98 Å². The van der Waals surface area contributed by atoms with Crippen LogP contribution >= 0.6 is 27.3 Å². The van der Waals surface area contributed by atoms with E-state index in [1.54, 1.807) is 0 Å². The Hall–Kier alpha value is -1.53. The topological polar surface area (TPSA) is 24.9 Å². The lowest BCUT2D eigenvalue weighted by molar-refractivity contribution is 0.512. The molecule has 0 fully saturated rings. The van der Waals surface area contributed by atoms with Crippen LogP contribution in [0.25, 0.3) is 10.2 Å². The molecular weight excluding hydrogens is 334 g/mol. The first-order valence-electron chi connectivity index (χ1n) is 5.40. The number of thiazole rings is 1. The van der Waals surface area contributed by atoms with E-state index in [-0.39, 0.29) is 5.69 Å². The van der Waals surface area contributed by atoms with Crippen molar-refractivity contribution < 1.29 is 8.78 Å². The Morgan fingerprint density at radius 3 is 2.84 bits per heavy atom. The van der Waals surface area contributed by atoms with Gasteiger partial charge in [0.15, 0.2) is 16.8 Å². The van der Waals surface area contributed by atoms with Crippen LogP contribution in [0.3, 0.4) is 0 Å². The minimum absolute atomic E-state index is 0.0816. The van der Waals surface area contributed by atoms with Crippen LogP contribution in [0.15, 0.2) is 40.9 Å².